The highest BCUT2D eigenvalue weighted by molar-refractivity contribution is 6.13. The van der Waals surface area contributed by atoms with Crippen molar-refractivity contribution < 1.29 is 13.9 Å². The summed E-state index contributed by atoms with van der Waals surface area (Å²) in [7, 11) is 1.94. The molecule has 0 saturated carbocycles. The SMILES string of the molecule is Cn1c2ccccc2c(=O)c2c3c(c4occc4c21)OCO3. The van der Waals surface area contributed by atoms with E-state index in [2.05, 4.69) is 0 Å². The van der Waals surface area contributed by atoms with Crippen LogP contribution in [0.2, 0.25) is 0 Å². The standard InChI is InChI=1S/C17H11NO4/c1-18-11-5-3-2-4-9(11)14(19)12-13(18)10-6-7-20-15(10)17-16(12)21-8-22-17/h2-7H,8H2,1H3. The molecule has 0 bridgehead atoms. The smallest absolute Gasteiger partial charge is 0.231 e. The van der Waals surface area contributed by atoms with Gasteiger partial charge in [0.25, 0.3) is 0 Å². The summed E-state index contributed by atoms with van der Waals surface area (Å²) in [5.41, 5.74) is 2.25. The van der Waals surface area contributed by atoms with Gasteiger partial charge in [0.2, 0.25) is 18.0 Å². The molecular formula is C17H11NO4. The van der Waals surface area contributed by atoms with Crippen LogP contribution in [0.4, 0.5) is 0 Å². The third-order valence-electron chi connectivity index (χ3n) is 4.28. The normalized spacial score (nSPS) is 13.5. The molecule has 5 heteroatoms. The van der Waals surface area contributed by atoms with Gasteiger partial charge < -0.3 is 18.5 Å². The molecule has 0 radical (unpaired) electrons. The first-order chi connectivity index (χ1) is 10.8. The highest BCUT2D eigenvalue weighted by Gasteiger charge is 2.27. The number of furan rings is 1. The predicted octanol–water partition coefficient (Wildman–Crippen LogP) is 3.17. The van der Waals surface area contributed by atoms with Crippen molar-refractivity contribution in [2.75, 3.05) is 6.79 Å². The molecule has 5 rings (SSSR count). The molecule has 1 aliphatic rings. The van der Waals surface area contributed by atoms with E-state index in [1.165, 1.54) is 0 Å². The molecule has 2 aromatic heterocycles. The van der Waals surface area contributed by atoms with Gasteiger partial charge in [-0.3, -0.25) is 4.79 Å². The van der Waals surface area contributed by atoms with Crippen molar-refractivity contribution in [3.05, 3.63) is 46.8 Å². The highest BCUT2D eigenvalue weighted by Crippen LogP contribution is 2.45. The maximum Gasteiger partial charge on any atom is 0.231 e. The van der Waals surface area contributed by atoms with Gasteiger partial charge in [0.1, 0.15) is 0 Å². The zero-order valence-corrected chi connectivity index (χ0v) is 11.8. The average Bonchev–Trinajstić information content (AvgIpc) is 3.19. The zero-order chi connectivity index (χ0) is 14.8. The minimum atomic E-state index is -0.0476. The molecule has 22 heavy (non-hydrogen) atoms. The van der Waals surface area contributed by atoms with Crippen LogP contribution in [0.15, 0.2) is 45.8 Å². The number of para-hydroxylation sites is 1. The Hall–Kier alpha value is -2.95. The van der Waals surface area contributed by atoms with Crippen molar-refractivity contribution >= 4 is 32.8 Å². The van der Waals surface area contributed by atoms with Crippen LogP contribution < -0.4 is 14.9 Å². The van der Waals surface area contributed by atoms with Gasteiger partial charge in [0.05, 0.1) is 22.7 Å². The number of rotatable bonds is 0. The lowest BCUT2D eigenvalue weighted by Gasteiger charge is -2.12. The van der Waals surface area contributed by atoms with E-state index in [4.69, 9.17) is 13.9 Å². The Morgan fingerprint density at radius 1 is 1.05 bits per heavy atom. The number of nitrogens with zero attached hydrogens (tertiary/aromatic N) is 1. The molecule has 108 valence electrons. The van der Waals surface area contributed by atoms with E-state index in [1.807, 2.05) is 41.9 Å². The minimum absolute atomic E-state index is 0.0476. The summed E-state index contributed by atoms with van der Waals surface area (Å²) >= 11 is 0. The molecule has 0 N–H and O–H groups in total. The highest BCUT2D eigenvalue weighted by atomic mass is 16.7. The van der Waals surface area contributed by atoms with E-state index in [-0.39, 0.29) is 12.2 Å². The molecule has 2 aromatic carbocycles. The quantitative estimate of drug-likeness (QED) is 0.467. The van der Waals surface area contributed by atoms with E-state index in [1.54, 1.807) is 6.26 Å². The number of hydrogen-bond donors (Lipinski definition) is 0. The maximum absolute atomic E-state index is 13.0. The lowest BCUT2D eigenvalue weighted by atomic mass is 10.1. The Morgan fingerprint density at radius 2 is 1.86 bits per heavy atom. The molecule has 0 fully saturated rings. The second kappa shape index (κ2) is 3.82. The second-order valence-corrected chi connectivity index (χ2v) is 5.36. The molecule has 0 unspecified atom stereocenters. The van der Waals surface area contributed by atoms with Gasteiger partial charge in [-0.1, -0.05) is 12.1 Å². The summed E-state index contributed by atoms with van der Waals surface area (Å²) in [5, 5.41) is 2.06. The van der Waals surface area contributed by atoms with Crippen molar-refractivity contribution in [2.45, 2.75) is 0 Å². The van der Waals surface area contributed by atoms with E-state index in [0.29, 0.717) is 27.9 Å². The van der Waals surface area contributed by atoms with Crippen LogP contribution in [0.25, 0.3) is 32.8 Å². The largest absolute Gasteiger partial charge is 0.460 e. The van der Waals surface area contributed by atoms with Gasteiger partial charge in [-0.2, -0.15) is 0 Å². The lowest BCUT2D eigenvalue weighted by Crippen LogP contribution is -2.10. The van der Waals surface area contributed by atoms with Gasteiger partial charge in [0, 0.05) is 17.8 Å². The van der Waals surface area contributed by atoms with Crippen molar-refractivity contribution in [3.63, 3.8) is 0 Å². The second-order valence-electron chi connectivity index (χ2n) is 5.36. The number of hydrogen-bond acceptors (Lipinski definition) is 4. The topological polar surface area (TPSA) is 53.6 Å². The van der Waals surface area contributed by atoms with Crippen LogP contribution in [-0.2, 0) is 7.05 Å². The predicted molar refractivity (Wildman–Crippen MR) is 82.6 cm³/mol. The van der Waals surface area contributed by atoms with Crippen LogP contribution in [0.3, 0.4) is 0 Å². The van der Waals surface area contributed by atoms with Gasteiger partial charge in [0.15, 0.2) is 11.3 Å². The van der Waals surface area contributed by atoms with E-state index >= 15 is 0 Å². The molecular weight excluding hydrogens is 282 g/mol. The first kappa shape index (κ1) is 11.7. The summed E-state index contributed by atoms with van der Waals surface area (Å²) in [5.74, 6) is 0.990. The molecule has 1 aliphatic heterocycles. The van der Waals surface area contributed by atoms with Gasteiger partial charge in [-0.25, -0.2) is 0 Å². The Kier molecular flexibility index (Phi) is 2.03. The first-order valence-corrected chi connectivity index (χ1v) is 6.97. The monoisotopic (exact) mass is 293 g/mol. The van der Waals surface area contributed by atoms with Crippen molar-refractivity contribution in [1.29, 1.82) is 0 Å². The van der Waals surface area contributed by atoms with Crippen LogP contribution in [0.5, 0.6) is 11.5 Å². The zero-order valence-electron chi connectivity index (χ0n) is 11.8. The van der Waals surface area contributed by atoms with E-state index in [9.17, 15) is 4.79 Å². The van der Waals surface area contributed by atoms with E-state index < -0.39 is 0 Å². The van der Waals surface area contributed by atoms with E-state index in [0.717, 1.165) is 16.4 Å². The molecule has 4 aromatic rings. The number of ether oxygens (including phenoxy) is 2. The number of pyridine rings is 1. The fraction of sp³-hybridized carbons (Fsp3) is 0.118. The summed E-state index contributed by atoms with van der Waals surface area (Å²) in [6.45, 7) is 0.0974. The number of aryl methyl sites for hydroxylation is 1. The number of benzene rings is 2. The Bertz CT molecular complexity index is 1140. The van der Waals surface area contributed by atoms with Crippen molar-refractivity contribution in [3.8, 4) is 11.5 Å². The molecule has 0 saturated heterocycles. The Labute approximate surface area is 124 Å². The first-order valence-electron chi connectivity index (χ1n) is 6.97. The number of aromatic nitrogens is 1. The minimum Gasteiger partial charge on any atom is -0.460 e. The molecule has 0 amide bonds. The van der Waals surface area contributed by atoms with Crippen molar-refractivity contribution in [2.24, 2.45) is 7.05 Å². The summed E-state index contributed by atoms with van der Waals surface area (Å²) < 4.78 is 18.7. The third kappa shape index (κ3) is 1.22. The summed E-state index contributed by atoms with van der Waals surface area (Å²) in [6, 6.07) is 9.41. The molecule has 0 atom stereocenters. The van der Waals surface area contributed by atoms with Gasteiger partial charge >= 0.3 is 0 Å². The fourth-order valence-corrected chi connectivity index (χ4v) is 3.32. The van der Waals surface area contributed by atoms with Crippen LogP contribution in [0, 0.1) is 0 Å². The number of fused-ring (bicyclic) bond motifs is 7. The molecule has 3 heterocycles. The van der Waals surface area contributed by atoms with Crippen molar-refractivity contribution in [1.82, 2.24) is 4.57 Å². The van der Waals surface area contributed by atoms with Crippen LogP contribution in [0.1, 0.15) is 0 Å². The third-order valence-corrected chi connectivity index (χ3v) is 4.28. The average molecular weight is 293 g/mol. The van der Waals surface area contributed by atoms with Crippen LogP contribution in [-0.4, -0.2) is 11.4 Å². The molecule has 0 aliphatic carbocycles. The van der Waals surface area contributed by atoms with Crippen LogP contribution >= 0.6 is 0 Å². The molecule has 5 nitrogen and oxygen atoms in total. The summed E-state index contributed by atoms with van der Waals surface area (Å²) in [6.07, 6.45) is 1.60. The summed E-state index contributed by atoms with van der Waals surface area (Å²) in [4.78, 5) is 13.0. The lowest BCUT2D eigenvalue weighted by molar-refractivity contribution is 0.175. The fourth-order valence-electron chi connectivity index (χ4n) is 3.32. The molecule has 0 spiro atoms. The Morgan fingerprint density at radius 3 is 2.77 bits per heavy atom. The maximum atomic E-state index is 13.0. The Balaban J connectivity index is 2.22. The van der Waals surface area contributed by atoms with Gasteiger partial charge in [-0.15, -0.1) is 0 Å². The van der Waals surface area contributed by atoms with Gasteiger partial charge in [-0.05, 0) is 18.2 Å².